The minimum Gasteiger partial charge on any atom is -0.359 e. The Kier molecular flexibility index (Phi) is 6.78. The highest BCUT2D eigenvalue weighted by molar-refractivity contribution is 7.89. The number of thiazole rings is 1. The van der Waals surface area contributed by atoms with Gasteiger partial charge in [0.05, 0.1) is 11.4 Å². The van der Waals surface area contributed by atoms with Crippen molar-refractivity contribution in [1.29, 1.82) is 0 Å². The van der Waals surface area contributed by atoms with Crippen LogP contribution in [-0.2, 0) is 10.0 Å². The zero-order valence-electron chi connectivity index (χ0n) is 15.3. The highest BCUT2D eigenvalue weighted by Crippen LogP contribution is 2.29. The molecule has 148 valence electrons. The van der Waals surface area contributed by atoms with E-state index in [1.807, 2.05) is 12.3 Å². The normalized spacial score (nSPS) is 20.5. The van der Waals surface area contributed by atoms with Gasteiger partial charge in [0.2, 0.25) is 16.0 Å². The molecule has 0 amide bonds. The number of pyridine rings is 1. The van der Waals surface area contributed by atoms with Crippen molar-refractivity contribution in [2.45, 2.75) is 45.1 Å². The first kappa shape index (κ1) is 20.2. The van der Waals surface area contributed by atoms with Crippen LogP contribution in [0.4, 0.5) is 9.52 Å². The van der Waals surface area contributed by atoms with Gasteiger partial charge in [0.1, 0.15) is 5.69 Å². The number of anilines is 1. The molecule has 2 N–H and O–H groups in total. The number of aromatic nitrogens is 2. The molecule has 6 nitrogen and oxygen atoms in total. The molecule has 0 saturated heterocycles. The maximum absolute atomic E-state index is 13.3. The van der Waals surface area contributed by atoms with E-state index in [1.54, 1.807) is 12.1 Å². The number of halogens is 1. The second-order valence-electron chi connectivity index (χ2n) is 6.91. The number of nitrogens with zero attached hydrogens (tertiary/aromatic N) is 2. The molecule has 0 aromatic carbocycles. The molecular weight excluding hydrogens is 387 g/mol. The molecule has 0 radical (unpaired) electrons. The third-order valence-electron chi connectivity index (χ3n) is 4.72. The predicted molar refractivity (Wildman–Crippen MR) is 107 cm³/mol. The van der Waals surface area contributed by atoms with Gasteiger partial charge in [-0.05, 0) is 50.2 Å². The number of sulfonamides is 1. The molecule has 0 unspecified atom stereocenters. The second-order valence-corrected chi connectivity index (χ2v) is 9.70. The minimum atomic E-state index is -3.13. The third kappa shape index (κ3) is 5.95. The minimum absolute atomic E-state index is 0.191. The van der Waals surface area contributed by atoms with Crippen molar-refractivity contribution in [2.24, 2.45) is 5.92 Å². The van der Waals surface area contributed by atoms with E-state index in [4.69, 9.17) is 0 Å². The Bertz CT molecular complexity index is 849. The van der Waals surface area contributed by atoms with Gasteiger partial charge < -0.3 is 5.32 Å². The van der Waals surface area contributed by atoms with E-state index in [0.717, 1.165) is 30.8 Å². The summed E-state index contributed by atoms with van der Waals surface area (Å²) in [5, 5.41) is 6.13. The molecule has 1 aliphatic rings. The van der Waals surface area contributed by atoms with Gasteiger partial charge in [0.15, 0.2) is 5.13 Å². The van der Waals surface area contributed by atoms with Crippen molar-refractivity contribution in [3.63, 3.8) is 0 Å². The number of hydrogen-bond donors (Lipinski definition) is 2. The van der Waals surface area contributed by atoms with E-state index >= 15 is 0 Å². The molecule has 0 bridgehead atoms. The fourth-order valence-corrected chi connectivity index (χ4v) is 5.23. The van der Waals surface area contributed by atoms with Gasteiger partial charge in [-0.15, -0.1) is 11.3 Å². The van der Waals surface area contributed by atoms with E-state index in [0.29, 0.717) is 36.3 Å². The van der Waals surface area contributed by atoms with Gasteiger partial charge in [-0.1, -0.05) is 13.0 Å². The fraction of sp³-hybridized carbons (Fsp3) is 0.556. The summed E-state index contributed by atoms with van der Waals surface area (Å²) < 4.78 is 39.5. The number of hydrogen-bond acceptors (Lipinski definition) is 6. The SMILES string of the molecule is CCCS(=O)(=O)NCC1CCC(Nc2nc(-c3cccc(F)n3)cs2)CC1. The molecule has 2 heterocycles. The molecule has 0 spiro atoms. The highest BCUT2D eigenvalue weighted by atomic mass is 32.2. The van der Waals surface area contributed by atoms with Gasteiger partial charge >= 0.3 is 0 Å². The number of nitrogens with one attached hydrogen (secondary N) is 2. The van der Waals surface area contributed by atoms with E-state index in [-0.39, 0.29) is 5.75 Å². The monoisotopic (exact) mass is 412 g/mol. The van der Waals surface area contributed by atoms with Gasteiger partial charge in [-0.3, -0.25) is 0 Å². The van der Waals surface area contributed by atoms with Crippen molar-refractivity contribution in [2.75, 3.05) is 17.6 Å². The maximum atomic E-state index is 13.3. The van der Waals surface area contributed by atoms with Gasteiger partial charge in [-0.25, -0.2) is 23.1 Å². The highest BCUT2D eigenvalue weighted by Gasteiger charge is 2.23. The van der Waals surface area contributed by atoms with Crippen molar-refractivity contribution < 1.29 is 12.8 Å². The summed E-state index contributed by atoms with van der Waals surface area (Å²) in [7, 11) is -3.13. The van der Waals surface area contributed by atoms with E-state index in [1.165, 1.54) is 17.4 Å². The molecular formula is C18H25FN4O2S2. The lowest BCUT2D eigenvalue weighted by molar-refractivity contribution is 0.337. The van der Waals surface area contributed by atoms with Crippen LogP contribution in [0.3, 0.4) is 0 Å². The van der Waals surface area contributed by atoms with Crippen LogP contribution < -0.4 is 10.0 Å². The van der Waals surface area contributed by atoms with Crippen molar-refractivity contribution in [3.05, 3.63) is 29.5 Å². The second kappa shape index (κ2) is 9.07. The van der Waals surface area contributed by atoms with Gasteiger partial charge in [-0.2, -0.15) is 4.39 Å². The summed E-state index contributed by atoms with van der Waals surface area (Å²) >= 11 is 1.49. The Morgan fingerprint density at radius 1 is 1.19 bits per heavy atom. The molecule has 0 aliphatic heterocycles. The summed E-state index contributed by atoms with van der Waals surface area (Å²) in [6.07, 6.45) is 4.56. The molecule has 1 aliphatic carbocycles. The molecule has 27 heavy (non-hydrogen) atoms. The predicted octanol–water partition coefficient (Wildman–Crippen LogP) is 3.64. The summed E-state index contributed by atoms with van der Waals surface area (Å²) in [5.74, 6) is 0.0668. The summed E-state index contributed by atoms with van der Waals surface area (Å²) in [4.78, 5) is 8.37. The van der Waals surface area contributed by atoms with Crippen molar-refractivity contribution in [3.8, 4) is 11.4 Å². The average molecular weight is 413 g/mol. The lowest BCUT2D eigenvalue weighted by atomic mass is 9.86. The smallest absolute Gasteiger partial charge is 0.213 e. The van der Waals surface area contributed by atoms with Crippen molar-refractivity contribution in [1.82, 2.24) is 14.7 Å². The van der Waals surface area contributed by atoms with Crippen LogP contribution >= 0.6 is 11.3 Å². The summed E-state index contributed by atoms with van der Waals surface area (Å²) in [6, 6.07) is 5.01. The average Bonchev–Trinajstić information content (AvgIpc) is 3.10. The van der Waals surface area contributed by atoms with E-state index < -0.39 is 16.0 Å². The standard InChI is InChI=1S/C18H25FN4O2S2/c1-2-10-27(24,25)20-11-13-6-8-14(9-7-13)21-18-23-16(12-26-18)15-4-3-5-17(19)22-15/h3-5,12-14,20H,2,6-11H2,1H3,(H,21,23). The van der Waals surface area contributed by atoms with Crippen LogP contribution in [0.25, 0.3) is 11.4 Å². The zero-order chi connectivity index (χ0) is 19.3. The van der Waals surface area contributed by atoms with Crippen LogP contribution in [0.5, 0.6) is 0 Å². The van der Waals surface area contributed by atoms with Gasteiger partial charge in [0, 0.05) is 18.0 Å². The third-order valence-corrected chi connectivity index (χ3v) is 7.05. The molecule has 1 saturated carbocycles. The van der Waals surface area contributed by atoms with E-state index in [9.17, 15) is 12.8 Å². The maximum Gasteiger partial charge on any atom is 0.213 e. The molecule has 2 aromatic heterocycles. The van der Waals surface area contributed by atoms with Crippen LogP contribution in [0.1, 0.15) is 39.0 Å². The van der Waals surface area contributed by atoms with Gasteiger partial charge in [0.25, 0.3) is 0 Å². The Hall–Kier alpha value is -1.58. The first-order valence-corrected chi connectivity index (χ1v) is 11.8. The van der Waals surface area contributed by atoms with Crippen molar-refractivity contribution >= 4 is 26.5 Å². The Morgan fingerprint density at radius 2 is 1.96 bits per heavy atom. The first-order valence-electron chi connectivity index (χ1n) is 9.27. The largest absolute Gasteiger partial charge is 0.359 e. The summed E-state index contributed by atoms with van der Waals surface area (Å²) in [6.45, 7) is 2.40. The molecule has 0 atom stereocenters. The van der Waals surface area contributed by atoms with Crippen LogP contribution in [0.2, 0.25) is 0 Å². The molecule has 9 heteroatoms. The lowest BCUT2D eigenvalue weighted by Gasteiger charge is -2.29. The number of rotatable bonds is 8. The van der Waals surface area contributed by atoms with E-state index in [2.05, 4.69) is 20.0 Å². The molecule has 3 rings (SSSR count). The van der Waals surface area contributed by atoms with Crippen LogP contribution in [0.15, 0.2) is 23.6 Å². The Morgan fingerprint density at radius 3 is 2.67 bits per heavy atom. The quantitative estimate of drug-likeness (QED) is 0.647. The Balaban J connectivity index is 1.47. The molecule has 2 aromatic rings. The topological polar surface area (TPSA) is 84.0 Å². The summed E-state index contributed by atoms with van der Waals surface area (Å²) in [5.41, 5.74) is 1.20. The molecule has 1 fully saturated rings. The lowest BCUT2D eigenvalue weighted by Crippen LogP contribution is -2.34. The first-order chi connectivity index (χ1) is 12.9. The Labute approximate surface area is 163 Å². The zero-order valence-corrected chi connectivity index (χ0v) is 17.0. The fourth-order valence-electron chi connectivity index (χ4n) is 3.28. The van der Waals surface area contributed by atoms with Crippen LogP contribution in [0, 0.1) is 11.9 Å². The van der Waals surface area contributed by atoms with Crippen LogP contribution in [-0.4, -0.2) is 36.7 Å².